The fraction of sp³-hybridized carbons (Fsp3) is 0.476. The van der Waals surface area contributed by atoms with E-state index in [9.17, 15) is 14.7 Å². The number of nitrogens with zero attached hydrogens (tertiary/aromatic N) is 4. The van der Waals surface area contributed by atoms with E-state index in [4.69, 9.17) is 0 Å². The molecule has 0 fully saturated rings. The Hall–Kier alpha value is -2.42. The van der Waals surface area contributed by atoms with E-state index in [0.717, 1.165) is 35.9 Å². The third-order valence-electron chi connectivity index (χ3n) is 5.50. The maximum absolute atomic E-state index is 12.4. The zero-order valence-electron chi connectivity index (χ0n) is 17.7. The molecule has 2 atom stereocenters. The van der Waals surface area contributed by atoms with Crippen LogP contribution in [-0.2, 0) is 20.6 Å². The van der Waals surface area contributed by atoms with Gasteiger partial charge >= 0.3 is 5.69 Å². The molecule has 0 radical (unpaired) electrons. The normalized spacial score (nSPS) is 13.2. The number of aliphatic hydroxyl groups excluding tert-OH is 1. The third-order valence-corrected chi connectivity index (χ3v) is 5.50. The minimum Gasteiger partial charge on any atom is -1.00 e. The topological polar surface area (TPSA) is 98.7 Å². The predicted octanol–water partition coefficient (Wildman–Crippen LogP) is -2.71. The van der Waals surface area contributed by atoms with E-state index in [1.807, 2.05) is 41.8 Å². The average Bonchev–Trinajstić information content (AvgIpc) is 3.17. The van der Waals surface area contributed by atoms with Crippen molar-refractivity contribution in [3.8, 4) is 0 Å². The van der Waals surface area contributed by atoms with Gasteiger partial charge in [-0.25, -0.2) is 9.78 Å². The summed E-state index contributed by atoms with van der Waals surface area (Å²) in [5.74, 6) is 0. The van der Waals surface area contributed by atoms with Gasteiger partial charge in [0, 0.05) is 20.6 Å². The predicted molar refractivity (Wildman–Crippen MR) is 112 cm³/mol. The lowest BCUT2D eigenvalue weighted by Crippen LogP contribution is -3.00. The van der Waals surface area contributed by atoms with E-state index >= 15 is 0 Å². The summed E-state index contributed by atoms with van der Waals surface area (Å²) >= 11 is 0. The highest BCUT2D eigenvalue weighted by Gasteiger charge is 2.18. The van der Waals surface area contributed by atoms with Gasteiger partial charge in [0.1, 0.15) is 12.1 Å². The highest BCUT2D eigenvalue weighted by molar-refractivity contribution is 5.69. The Morgan fingerprint density at radius 2 is 1.77 bits per heavy atom. The molecule has 0 spiro atoms. The minimum atomic E-state index is -0.476. The average molecular weight is 436 g/mol. The molecule has 30 heavy (non-hydrogen) atoms. The number of fused-ring (bicyclic) bond motifs is 1. The fourth-order valence-electron chi connectivity index (χ4n) is 3.63. The van der Waals surface area contributed by atoms with E-state index in [1.165, 1.54) is 11.6 Å². The molecule has 8 nitrogen and oxygen atoms in total. The number of quaternary nitrogens is 1. The van der Waals surface area contributed by atoms with Crippen molar-refractivity contribution in [2.75, 3.05) is 6.54 Å². The second-order valence-electron chi connectivity index (χ2n) is 7.62. The molecule has 0 amide bonds. The first-order valence-corrected chi connectivity index (χ1v) is 10.1. The van der Waals surface area contributed by atoms with Gasteiger partial charge in [0.25, 0.3) is 5.56 Å². The van der Waals surface area contributed by atoms with Crippen LogP contribution in [0.4, 0.5) is 0 Å². The second kappa shape index (κ2) is 10.6. The van der Waals surface area contributed by atoms with E-state index < -0.39 is 6.10 Å². The molecule has 0 bridgehead atoms. The number of halogens is 1. The van der Waals surface area contributed by atoms with Gasteiger partial charge in [-0.1, -0.05) is 30.3 Å². The van der Waals surface area contributed by atoms with E-state index in [-0.39, 0.29) is 29.7 Å². The van der Waals surface area contributed by atoms with Crippen molar-refractivity contribution in [1.29, 1.82) is 0 Å². The number of imidazole rings is 1. The quantitative estimate of drug-likeness (QED) is 0.357. The first-order chi connectivity index (χ1) is 13.9. The molecule has 3 rings (SSSR count). The SMILES string of the molecule is CC([NH2+]CCCCCn1cnc2c1c(=O)n(C)c(=O)n2C)C(O)c1ccccc1.[Cl-]. The molecule has 3 N–H and O–H groups in total. The molecular formula is C21H30ClN5O3. The fourth-order valence-corrected chi connectivity index (χ4v) is 3.63. The molecule has 2 unspecified atom stereocenters. The number of rotatable bonds is 9. The third kappa shape index (κ3) is 5.00. The molecule has 2 aromatic heterocycles. The van der Waals surface area contributed by atoms with E-state index in [1.54, 1.807) is 13.4 Å². The van der Waals surface area contributed by atoms with Crippen molar-refractivity contribution in [3.63, 3.8) is 0 Å². The summed E-state index contributed by atoms with van der Waals surface area (Å²) in [7, 11) is 3.12. The maximum Gasteiger partial charge on any atom is 0.332 e. The Morgan fingerprint density at radius 3 is 2.47 bits per heavy atom. The van der Waals surface area contributed by atoms with Crippen molar-refractivity contribution in [3.05, 3.63) is 63.1 Å². The Kier molecular flexibility index (Phi) is 8.40. The van der Waals surface area contributed by atoms with Crippen molar-refractivity contribution >= 4 is 11.2 Å². The monoisotopic (exact) mass is 435 g/mol. The Bertz CT molecular complexity index is 1070. The second-order valence-corrected chi connectivity index (χ2v) is 7.62. The molecule has 2 heterocycles. The van der Waals surface area contributed by atoms with Gasteiger partial charge < -0.3 is 27.4 Å². The molecule has 0 aliphatic carbocycles. The van der Waals surface area contributed by atoms with E-state index in [0.29, 0.717) is 17.7 Å². The number of aliphatic hydroxyl groups is 1. The zero-order valence-corrected chi connectivity index (χ0v) is 18.4. The summed E-state index contributed by atoms with van der Waals surface area (Å²) in [4.78, 5) is 28.7. The van der Waals surface area contributed by atoms with Crippen LogP contribution in [0, 0.1) is 0 Å². The van der Waals surface area contributed by atoms with Crippen LogP contribution in [0.25, 0.3) is 11.2 Å². The molecule has 0 aliphatic rings. The van der Waals surface area contributed by atoms with Crippen LogP contribution in [0.3, 0.4) is 0 Å². The number of hydrogen-bond donors (Lipinski definition) is 2. The van der Waals surface area contributed by atoms with Crippen LogP contribution in [0.2, 0.25) is 0 Å². The van der Waals surface area contributed by atoms with E-state index in [2.05, 4.69) is 10.3 Å². The molecule has 164 valence electrons. The molecule has 0 aliphatic heterocycles. The number of unbranched alkanes of at least 4 members (excludes halogenated alkanes) is 2. The summed E-state index contributed by atoms with van der Waals surface area (Å²) in [5.41, 5.74) is 1.17. The minimum absolute atomic E-state index is 0. The summed E-state index contributed by atoms with van der Waals surface area (Å²) in [6.45, 7) is 3.66. The number of nitrogens with two attached hydrogens (primary N) is 1. The molecule has 0 saturated heterocycles. The van der Waals surface area contributed by atoms with Crippen LogP contribution in [-0.4, -0.2) is 36.4 Å². The summed E-state index contributed by atoms with van der Waals surface area (Å²) in [6.07, 6.45) is 4.11. The molecule has 0 saturated carbocycles. The van der Waals surface area contributed by atoms with Crippen molar-refractivity contribution in [2.45, 2.75) is 44.9 Å². The largest absolute Gasteiger partial charge is 1.00 e. The highest BCUT2D eigenvalue weighted by Crippen LogP contribution is 2.13. The molecule has 9 heteroatoms. The number of aromatic nitrogens is 4. The van der Waals surface area contributed by atoms with Gasteiger partial charge in [0.05, 0.1) is 12.9 Å². The Balaban J connectivity index is 0.00000320. The van der Waals surface area contributed by atoms with Crippen molar-refractivity contribution in [1.82, 2.24) is 18.7 Å². The number of hydrogen-bond acceptors (Lipinski definition) is 4. The van der Waals surface area contributed by atoms with Gasteiger partial charge in [-0.05, 0) is 31.7 Å². The summed E-state index contributed by atoms with van der Waals surface area (Å²) in [6, 6.07) is 9.82. The molecular weight excluding hydrogens is 406 g/mol. The van der Waals surface area contributed by atoms with Gasteiger partial charge in [0.2, 0.25) is 0 Å². The lowest BCUT2D eigenvalue weighted by Gasteiger charge is -2.17. The van der Waals surface area contributed by atoms with Crippen LogP contribution >= 0.6 is 0 Å². The van der Waals surface area contributed by atoms with Crippen molar-refractivity contribution < 1.29 is 22.8 Å². The molecule has 3 aromatic rings. The van der Waals surface area contributed by atoms with Crippen LogP contribution in [0.1, 0.15) is 37.9 Å². The van der Waals surface area contributed by atoms with Gasteiger partial charge in [-0.2, -0.15) is 0 Å². The first kappa shape index (κ1) is 23.9. The van der Waals surface area contributed by atoms with Crippen LogP contribution in [0.5, 0.6) is 0 Å². The summed E-state index contributed by atoms with van der Waals surface area (Å²) in [5, 5.41) is 12.6. The highest BCUT2D eigenvalue weighted by atomic mass is 35.5. The first-order valence-electron chi connectivity index (χ1n) is 10.1. The smallest absolute Gasteiger partial charge is 0.332 e. The van der Waals surface area contributed by atoms with Gasteiger partial charge in [-0.3, -0.25) is 13.9 Å². The number of aryl methyl sites for hydroxylation is 2. The van der Waals surface area contributed by atoms with Crippen LogP contribution in [0.15, 0.2) is 46.2 Å². The lowest BCUT2D eigenvalue weighted by molar-refractivity contribution is -0.694. The Labute approximate surface area is 181 Å². The van der Waals surface area contributed by atoms with Crippen molar-refractivity contribution in [2.24, 2.45) is 14.1 Å². The van der Waals surface area contributed by atoms with Gasteiger partial charge in [-0.15, -0.1) is 0 Å². The number of benzene rings is 1. The zero-order chi connectivity index (χ0) is 21.0. The standard InChI is InChI=1S/C21H29N5O3.ClH/c1-15(18(27)16-10-6-4-7-11-16)22-12-8-5-9-13-26-14-23-19-17(26)20(28)25(3)21(29)24(19)2;/h4,6-7,10-11,14-15,18,22,27H,5,8-9,12-13H2,1-3H3;1H. The maximum atomic E-state index is 12.4. The Morgan fingerprint density at radius 1 is 1.07 bits per heavy atom. The summed E-state index contributed by atoms with van der Waals surface area (Å²) < 4.78 is 4.36. The molecule has 1 aromatic carbocycles. The van der Waals surface area contributed by atoms with Gasteiger partial charge in [0.15, 0.2) is 11.2 Å². The van der Waals surface area contributed by atoms with Crippen LogP contribution < -0.4 is 29.0 Å². The lowest BCUT2D eigenvalue weighted by atomic mass is 10.0.